The molecule has 4 rings (SSSR count). The molecule has 0 radical (unpaired) electrons. The number of nitrogens with one attached hydrogen (secondary N) is 1. The van der Waals surface area contributed by atoms with Crippen LogP contribution in [0, 0.1) is 5.82 Å². The molecule has 3 N–H and O–H groups in total. The van der Waals surface area contributed by atoms with E-state index in [1.165, 1.54) is 23.5 Å². The van der Waals surface area contributed by atoms with E-state index in [0.29, 0.717) is 22.4 Å². The predicted octanol–water partition coefficient (Wildman–Crippen LogP) is 5.85. The number of hydrogen-bond donors (Lipinski definition) is 2. The molecule has 28 heavy (non-hydrogen) atoms. The molecule has 0 aliphatic heterocycles. The minimum atomic E-state index is -0.287. The maximum atomic E-state index is 13.1. The van der Waals surface area contributed by atoms with E-state index in [-0.39, 0.29) is 5.82 Å². The van der Waals surface area contributed by atoms with Gasteiger partial charge < -0.3 is 15.8 Å². The number of ether oxygens (including phenoxy) is 1. The van der Waals surface area contributed by atoms with E-state index < -0.39 is 0 Å². The van der Waals surface area contributed by atoms with E-state index in [4.69, 9.17) is 10.5 Å². The van der Waals surface area contributed by atoms with Gasteiger partial charge in [-0.15, -0.1) is 0 Å². The molecule has 0 bridgehead atoms. The Morgan fingerprint density at radius 2 is 1.64 bits per heavy atom. The Balaban J connectivity index is 1.42. The minimum Gasteiger partial charge on any atom is -0.489 e. The predicted molar refractivity (Wildman–Crippen MR) is 112 cm³/mol. The Kier molecular flexibility index (Phi) is 5.21. The molecule has 0 saturated heterocycles. The van der Waals surface area contributed by atoms with Crippen LogP contribution >= 0.6 is 11.3 Å². The minimum absolute atomic E-state index is 0.287. The molecule has 1 heterocycles. The number of thiazole rings is 1. The fraction of sp³-hybridized carbons (Fsp3) is 0.0455. The van der Waals surface area contributed by atoms with Crippen LogP contribution in [-0.2, 0) is 6.61 Å². The first-order valence-electron chi connectivity index (χ1n) is 8.73. The Bertz CT molecular complexity index is 1050. The Morgan fingerprint density at radius 1 is 0.929 bits per heavy atom. The summed E-state index contributed by atoms with van der Waals surface area (Å²) < 4.78 is 18.9. The number of aromatic nitrogens is 1. The first-order chi connectivity index (χ1) is 13.7. The van der Waals surface area contributed by atoms with Crippen LogP contribution in [0.25, 0.3) is 11.3 Å². The van der Waals surface area contributed by atoms with Crippen molar-refractivity contribution in [3.05, 3.63) is 90.2 Å². The van der Waals surface area contributed by atoms with Gasteiger partial charge in [-0.1, -0.05) is 41.7 Å². The molecule has 6 heteroatoms. The molecule has 0 saturated carbocycles. The third-order valence-corrected chi connectivity index (χ3v) is 4.92. The van der Waals surface area contributed by atoms with E-state index in [0.717, 1.165) is 22.6 Å². The molecular formula is C22H18FN3OS. The van der Waals surface area contributed by atoms with Gasteiger partial charge in [-0.05, 0) is 54.1 Å². The summed E-state index contributed by atoms with van der Waals surface area (Å²) in [7, 11) is 0. The third-order valence-electron chi connectivity index (χ3n) is 4.12. The fourth-order valence-corrected chi connectivity index (χ4v) is 3.47. The van der Waals surface area contributed by atoms with Gasteiger partial charge in [0.1, 0.15) is 28.9 Å². The number of anilines is 3. The molecule has 4 nitrogen and oxygen atoms in total. The standard InChI is InChI=1S/C22H18FN3OS/c23-17-8-6-16(7-9-17)20-21(24)28-22(26-20)25-18-10-12-19(13-11-18)27-14-15-4-2-1-3-5-15/h1-13H,14,24H2,(H,25,26). The molecule has 0 fully saturated rings. The first-order valence-corrected chi connectivity index (χ1v) is 9.55. The molecule has 140 valence electrons. The summed E-state index contributed by atoms with van der Waals surface area (Å²) in [5.41, 5.74) is 9.52. The average Bonchev–Trinajstić information content (AvgIpc) is 3.09. The van der Waals surface area contributed by atoms with Crippen molar-refractivity contribution in [2.75, 3.05) is 11.1 Å². The Labute approximate surface area is 166 Å². The molecule has 0 aliphatic rings. The average molecular weight is 391 g/mol. The van der Waals surface area contributed by atoms with Gasteiger partial charge in [-0.25, -0.2) is 9.37 Å². The van der Waals surface area contributed by atoms with Gasteiger partial charge in [0.15, 0.2) is 5.13 Å². The van der Waals surface area contributed by atoms with Crippen LogP contribution in [0.15, 0.2) is 78.9 Å². The zero-order valence-corrected chi connectivity index (χ0v) is 15.7. The van der Waals surface area contributed by atoms with Gasteiger partial charge in [0.2, 0.25) is 0 Å². The maximum absolute atomic E-state index is 13.1. The highest BCUT2D eigenvalue weighted by Crippen LogP contribution is 2.35. The fourth-order valence-electron chi connectivity index (χ4n) is 2.70. The molecule has 0 unspecified atom stereocenters. The lowest BCUT2D eigenvalue weighted by molar-refractivity contribution is 0.306. The SMILES string of the molecule is Nc1sc(Nc2ccc(OCc3ccccc3)cc2)nc1-c1ccc(F)cc1. The van der Waals surface area contributed by atoms with Crippen LogP contribution < -0.4 is 15.8 Å². The quantitative estimate of drug-likeness (QED) is 0.433. The van der Waals surface area contributed by atoms with Crippen molar-refractivity contribution in [1.82, 2.24) is 4.98 Å². The lowest BCUT2D eigenvalue weighted by atomic mass is 10.1. The molecule has 3 aromatic carbocycles. The first kappa shape index (κ1) is 18.0. The van der Waals surface area contributed by atoms with Crippen molar-refractivity contribution < 1.29 is 9.13 Å². The van der Waals surface area contributed by atoms with E-state index in [1.807, 2.05) is 54.6 Å². The van der Waals surface area contributed by atoms with Crippen LogP contribution in [0.2, 0.25) is 0 Å². The van der Waals surface area contributed by atoms with Crippen molar-refractivity contribution in [2.45, 2.75) is 6.61 Å². The lowest BCUT2D eigenvalue weighted by Gasteiger charge is -2.07. The molecule has 1 aromatic heterocycles. The smallest absolute Gasteiger partial charge is 0.189 e. The highest BCUT2D eigenvalue weighted by atomic mass is 32.1. The van der Waals surface area contributed by atoms with Crippen molar-refractivity contribution >= 4 is 27.2 Å². The number of benzene rings is 3. The largest absolute Gasteiger partial charge is 0.489 e. The topological polar surface area (TPSA) is 60.2 Å². The van der Waals surface area contributed by atoms with E-state index >= 15 is 0 Å². The van der Waals surface area contributed by atoms with Crippen molar-refractivity contribution in [1.29, 1.82) is 0 Å². The highest BCUT2D eigenvalue weighted by Gasteiger charge is 2.11. The molecule has 4 aromatic rings. The Hall–Kier alpha value is -3.38. The van der Waals surface area contributed by atoms with Gasteiger partial charge in [-0.3, -0.25) is 0 Å². The summed E-state index contributed by atoms with van der Waals surface area (Å²) in [5, 5.41) is 4.50. The number of hydrogen-bond acceptors (Lipinski definition) is 5. The van der Waals surface area contributed by atoms with Gasteiger partial charge in [0.25, 0.3) is 0 Å². The van der Waals surface area contributed by atoms with Gasteiger partial charge in [0, 0.05) is 11.3 Å². The van der Waals surface area contributed by atoms with Crippen LogP contribution in [0.1, 0.15) is 5.56 Å². The van der Waals surface area contributed by atoms with Crippen molar-refractivity contribution in [2.24, 2.45) is 0 Å². The van der Waals surface area contributed by atoms with Gasteiger partial charge in [0.05, 0.1) is 0 Å². The molecule has 0 amide bonds. The summed E-state index contributed by atoms with van der Waals surface area (Å²) in [6.45, 7) is 0.525. The number of rotatable bonds is 6. The number of nitrogen functional groups attached to an aromatic ring is 1. The van der Waals surface area contributed by atoms with Gasteiger partial charge in [-0.2, -0.15) is 0 Å². The number of nitrogens with zero attached hydrogens (tertiary/aromatic N) is 1. The van der Waals surface area contributed by atoms with Crippen molar-refractivity contribution in [3.63, 3.8) is 0 Å². The number of nitrogens with two attached hydrogens (primary N) is 1. The summed E-state index contributed by atoms with van der Waals surface area (Å²) in [4.78, 5) is 4.53. The summed E-state index contributed by atoms with van der Waals surface area (Å²) in [6.07, 6.45) is 0. The number of halogens is 1. The summed E-state index contributed by atoms with van der Waals surface area (Å²) in [6, 6.07) is 23.8. The Morgan fingerprint density at radius 3 is 2.36 bits per heavy atom. The van der Waals surface area contributed by atoms with Crippen LogP contribution in [0.4, 0.5) is 20.2 Å². The van der Waals surface area contributed by atoms with E-state index in [9.17, 15) is 4.39 Å². The molecule has 0 aliphatic carbocycles. The highest BCUT2D eigenvalue weighted by molar-refractivity contribution is 7.19. The molecule has 0 atom stereocenters. The third kappa shape index (κ3) is 4.29. The normalized spacial score (nSPS) is 10.6. The van der Waals surface area contributed by atoms with E-state index in [1.54, 1.807) is 12.1 Å². The molecule has 0 spiro atoms. The van der Waals surface area contributed by atoms with Crippen molar-refractivity contribution in [3.8, 4) is 17.0 Å². The zero-order chi connectivity index (χ0) is 19.3. The summed E-state index contributed by atoms with van der Waals surface area (Å²) in [5.74, 6) is 0.505. The van der Waals surface area contributed by atoms with Crippen LogP contribution in [-0.4, -0.2) is 4.98 Å². The van der Waals surface area contributed by atoms with Crippen LogP contribution in [0.3, 0.4) is 0 Å². The second-order valence-corrected chi connectivity index (χ2v) is 7.19. The second-order valence-electron chi connectivity index (χ2n) is 6.16. The lowest BCUT2D eigenvalue weighted by Crippen LogP contribution is -1.95. The molecular weight excluding hydrogens is 373 g/mol. The zero-order valence-electron chi connectivity index (χ0n) is 14.9. The maximum Gasteiger partial charge on any atom is 0.189 e. The second kappa shape index (κ2) is 8.10. The monoisotopic (exact) mass is 391 g/mol. The van der Waals surface area contributed by atoms with Crippen LogP contribution in [0.5, 0.6) is 5.75 Å². The van der Waals surface area contributed by atoms with Gasteiger partial charge >= 0.3 is 0 Å². The van der Waals surface area contributed by atoms with E-state index in [2.05, 4.69) is 10.3 Å². The summed E-state index contributed by atoms with van der Waals surface area (Å²) >= 11 is 1.35.